The quantitative estimate of drug-likeness (QED) is 0.898. The van der Waals surface area contributed by atoms with Gasteiger partial charge in [-0.15, -0.1) is 0 Å². The molecule has 1 saturated heterocycles. The maximum absolute atomic E-state index is 13.3. The molecule has 1 aliphatic carbocycles. The Hall–Kier alpha value is -2.30. The van der Waals surface area contributed by atoms with E-state index in [1.54, 1.807) is 7.11 Å². The molecule has 0 radical (unpaired) electrons. The van der Waals surface area contributed by atoms with Gasteiger partial charge in [-0.2, -0.15) is 5.10 Å². The zero-order valence-electron chi connectivity index (χ0n) is 15.6. The van der Waals surface area contributed by atoms with Crippen LogP contribution in [0.3, 0.4) is 0 Å². The Morgan fingerprint density at radius 3 is 2.73 bits per heavy atom. The number of carbonyl (C=O) groups excluding carboxylic acids is 1. The molecule has 2 heterocycles. The van der Waals surface area contributed by atoms with Gasteiger partial charge in [0.1, 0.15) is 5.75 Å². The molecule has 26 heavy (non-hydrogen) atoms. The molecule has 0 spiro atoms. The minimum Gasteiger partial charge on any atom is -0.497 e. The van der Waals surface area contributed by atoms with E-state index in [1.807, 2.05) is 18.3 Å². The van der Waals surface area contributed by atoms with Gasteiger partial charge in [0.2, 0.25) is 5.91 Å². The second kappa shape index (κ2) is 6.78. The number of piperidine rings is 1. The van der Waals surface area contributed by atoms with E-state index in [2.05, 4.69) is 34.2 Å². The van der Waals surface area contributed by atoms with Gasteiger partial charge in [0.05, 0.1) is 18.7 Å². The van der Waals surface area contributed by atoms with Gasteiger partial charge < -0.3 is 9.64 Å². The average Bonchev–Trinajstić information content (AvgIpc) is 3.40. The third kappa shape index (κ3) is 3.11. The highest BCUT2D eigenvalue weighted by atomic mass is 16.5. The fourth-order valence-corrected chi connectivity index (χ4v) is 4.25. The third-order valence-corrected chi connectivity index (χ3v) is 6.03. The second-order valence-electron chi connectivity index (χ2n) is 7.81. The van der Waals surface area contributed by atoms with Crippen LogP contribution in [-0.2, 0) is 16.6 Å². The highest BCUT2D eigenvalue weighted by molar-refractivity contribution is 5.91. The molecule has 2 aromatic rings. The van der Waals surface area contributed by atoms with Crippen molar-refractivity contribution in [1.82, 2.24) is 15.1 Å². The van der Waals surface area contributed by atoms with Crippen molar-refractivity contribution < 1.29 is 9.53 Å². The van der Waals surface area contributed by atoms with Crippen LogP contribution in [0.15, 0.2) is 30.5 Å². The lowest BCUT2D eigenvalue weighted by atomic mass is 9.89. The van der Waals surface area contributed by atoms with Crippen LogP contribution < -0.4 is 4.74 Å². The van der Waals surface area contributed by atoms with Crippen molar-refractivity contribution >= 4 is 5.91 Å². The minimum absolute atomic E-state index is 0.294. The standard InChI is InChI=1S/C21H27N3O2/c1-15-13-22-23-19(15)12-16-4-3-11-24(14-16)20(25)21(9-10-21)17-5-7-18(26-2)8-6-17/h5-8,13,16H,3-4,9-12,14H2,1-2H3,(H,22,23)/t16-/m1/s1. The summed E-state index contributed by atoms with van der Waals surface area (Å²) >= 11 is 0. The van der Waals surface area contributed by atoms with Crippen molar-refractivity contribution in [2.45, 2.75) is 44.4 Å². The van der Waals surface area contributed by atoms with E-state index in [0.29, 0.717) is 11.8 Å². The van der Waals surface area contributed by atoms with Crippen LogP contribution in [0.5, 0.6) is 5.75 Å². The summed E-state index contributed by atoms with van der Waals surface area (Å²) < 4.78 is 5.25. The zero-order valence-corrected chi connectivity index (χ0v) is 15.6. The highest BCUT2D eigenvalue weighted by Gasteiger charge is 2.53. The predicted molar refractivity (Wildman–Crippen MR) is 100 cm³/mol. The smallest absolute Gasteiger partial charge is 0.233 e. The van der Waals surface area contributed by atoms with E-state index < -0.39 is 0 Å². The first-order valence-electron chi connectivity index (χ1n) is 9.55. The normalized spacial score (nSPS) is 21.5. The van der Waals surface area contributed by atoms with Crippen LogP contribution in [-0.4, -0.2) is 41.2 Å². The number of benzene rings is 1. The van der Waals surface area contributed by atoms with Crippen LogP contribution in [0.1, 0.15) is 42.5 Å². The Balaban J connectivity index is 1.46. The van der Waals surface area contributed by atoms with Crippen molar-refractivity contribution in [2.24, 2.45) is 5.92 Å². The van der Waals surface area contributed by atoms with Gasteiger partial charge in [-0.3, -0.25) is 9.89 Å². The van der Waals surface area contributed by atoms with Crippen LogP contribution in [0.25, 0.3) is 0 Å². The molecule has 1 N–H and O–H groups in total. The summed E-state index contributed by atoms with van der Waals surface area (Å²) in [5.41, 5.74) is 3.26. The van der Waals surface area contributed by atoms with Crippen LogP contribution in [0, 0.1) is 12.8 Å². The number of nitrogens with one attached hydrogen (secondary N) is 1. The van der Waals surface area contributed by atoms with Gasteiger partial charge in [-0.05, 0) is 68.2 Å². The van der Waals surface area contributed by atoms with Gasteiger partial charge in [0.15, 0.2) is 0 Å². The lowest BCUT2D eigenvalue weighted by Gasteiger charge is -2.35. The summed E-state index contributed by atoms with van der Waals surface area (Å²) in [5, 5.41) is 7.24. The number of ether oxygens (including phenoxy) is 1. The van der Waals surface area contributed by atoms with Crippen LogP contribution >= 0.6 is 0 Å². The molecular weight excluding hydrogens is 326 g/mol. The molecule has 4 rings (SSSR count). The summed E-state index contributed by atoms with van der Waals surface area (Å²) in [6, 6.07) is 8.03. The Bertz CT molecular complexity index is 777. The second-order valence-corrected chi connectivity index (χ2v) is 7.81. The maximum atomic E-state index is 13.3. The van der Waals surface area contributed by atoms with Gasteiger partial charge in [0, 0.05) is 18.8 Å². The zero-order chi connectivity index (χ0) is 18.1. The molecular formula is C21H27N3O2. The van der Waals surface area contributed by atoms with Gasteiger partial charge in [0.25, 0.3) is 0 Å². The number of H-pyrrole nitrogens is 1. The Kier molecular flexibility index (Phi) is 4.47. The fourth-order valence-electron chi connectivity index (χ4n) is 4.25. The number of aromatic nitrogens is 2. The third-order valence-electron chi connectivity index (χ3n) is 6.03. The summed E-state index contributed by atoms with van der Waals surface area (Å²) in [4.78, 5) is 15.4. The van der Waals surface area contributed by atoms with E-state index in [9.17, 15) is 4.79 Å². The number of aromatic amines is 1. The van der Waals surface area contributed by atoms with Crippen LogP contribution in [0.4, 0.5) is 0 Å². The number of carbonyl (C=O) groups is 1. The molecule has 5 heteroatoms. The van der Waals surface area contributed by atoms with E-state index in [-0.39, 0.29) is 5.41 Å². The number of nitrogens with zero attached hydrogens (tertiary/aromatic N) is 2. The molecule has 0 bridgehead atoms. The SMILES string of the molecule is COc1ccc(C2(C(=O)N3CCC[C@H](Cc4[nH]ncc4C)C3)CC2)cc1. The Morgan fingerprint density at radius 1 is 1.35 bits per heavy atom. The van der Waals surface area contributed by atoms with Crippen molar-refractivity contribution in [3.05, 3.63) is 47.3 Å². The first-order valence-corrected chi connectivity index (χ1v) is 9.55. The number of rotatable bonds is 5. The van der Waals surface area contributed by atoms with Gasteiger partial charge >= 0.3 is 0 Å². The van der Waals surface area contributed by atoms with Crippen molar-refractivity contribution in [3.63, 3.8) is 0 Å². The number of methoxy groups -OCH3 is 1. The number of hydrogen-bond acceptors (Lipinski definition) is 3. The van der Waals surface area contributed by atoms with Crippen molar-refractivity contribution in [3.8, 4) is 5.75 Å². The average molecular weight is 353 g/mol. The Morgan fingerprint density at radius 2 is 2.12 bits per heavy atom. The molecule has 1 atom stereocenters. The molecule has 1 aromatic carbocycles. The van der Waals surface area contributed by atoms with Crippen molar-refractivity contribution in [2.75, 3.05) is 20.2 Å². The number of amides is 1. The number of hydrogen-bond donors (Lipinski definition) is 1. The van der Waals surface area contributed by atoms with E-state index in [0.717, 1.165) is 50.1 Å². The molecule has 5 nitrogen and oxygen atoms in total. The first kappa shape index (κ1) is 17.1. The molecule has 138 valence electrons. The highest BCUT2D eigenvalue weighted by Crippen LogP contribution is 2.50. The first-order chi connectivity index (χ1) is 12.6. The molecule has 1 aromatic heterocycles. The molecule has 1 aliphatic heterocycles. The molecule has 2 fully saturated rings. The number of likely N-dealkylation sites (tertiary alicyclic amines) is 1. The van der Waals surface area contributed by atoms with E-state index >= 15 is 0 Å². The topological polar surface area (TPSA) is 58.2 Å². The molecule has 1 amide bonds. The predicted octanol–water partition coefficient (Wildman–Crippen LogP) is 3.24. The molecule has 1 saturated carbocycles. The lowest BCUT2D eigenvalue weighted by Crippen LogP contribution is -2.45. The van der Waals surface area contributed by atoms with Crippen LogP contribution in [0.2, 0.25) is 0 Å². The monoisotopic (exact) mass is 353 g/mol. The summed E-state index contributed by atoms with van der Waals surface area (Å²) in [5.74, 6) is 1.66. The number of aryl methyl sites for hydroxylation is 1. The van der Waals surface area contributed by atoms with Gasteiger partial charge in [-0.1, -0.05) is 12.1 Å². The minimum atomic E-state index is -0.294. The van der Waals surface area contributed by atoms with Crippen molar-refractivity contribution in [1.29, 1.82) is 0 Å². The summed E-state index contributed by atoms with van der Waals surface area (Å²) in [6.45, 7) is 3.83. The molecule has 0 unspecified atom stereocenters. The summed E-state index contributed by atoms with van der Waals surface area (Å²) in [6.07, 6.45) is 7.03. The fraction of sp³-hybridized carbons (Fsp3) is 0.524. The lowest BCUT2D eigenvalue weighted by molar-refractivity contribution is -0.135. The molecule has 2 aliphatic rings. The van der Waals surface area contributed by atoms with Gasteiger partial charge in [-0.25, -0.2) is 0 Å². The van der Waals surface area contributed by atoms with E-state index in [1.165, 1.54) is 17.7 Å². The summed E-state index contributed by atoms with van der Waals surface area (Å²) in [7, 11) is 1.67. The largest absolute Gasteiger partial charge is 0.497 e. The maximum Gasteiger partial charge on any atom is 0.233 e. The van der Waals surface area contributed by atoms with E-state index in [4.69, 9.17) is 4.74 Å². The Labute approximate surface area is 154 Å².